The van der Waals surface area contributed by atoms with E-state index >= 15 is 0 Å². The van der Waals surface area contributed by atoms with Crippen molar-refractivity contribution >= 4 is 29.9 Å². The van der Waals surface area contributed by atoms with E-state index in [0.717, 1.165) is 64.1 Å². The van der Waals surface area contributed by atoms with E-state index in [-0.39, 0.29) is 41.7 Å². The van der Waals surface area contributed by atoms with Gasteiger partial charge in [-0.3, -0.25) is 9.89 Å². The molecule has 3 heterocycles. The maximum absolute atomic E-state index is 6.02. The minimum Gasteiger partial charge on any atom is -0.375 e. The number of likely N-dealkylation sites (tertiary alicyclic amines) is 1. The summed E-state index contributed by atoms with van der Waals surface area (Å²) >= 11 is 0. The van der Waals surface area contributed by atoms with Crippen molar-refractivity contribution in [1.82, 2.24) is 15.1 Å². The number of morpholine rings is 1. The summed E-state index contributed by atoms with van der Waals surface area (Å²) in [6.45, 7) is 16.7. The SMILES string of the molecule is CCNC(=NCC(C)(C)N1CCCC(C)C1)N1CCOC(C2CCCO2)C1.I. The fraction of sp³-hybridized carbons (Fsp3) is 0.952. The van der Waals surface area contributed by atoms with E-state index in [1.807, 2.05) is 0 Å². The molecular weight excluding hydrogens is 467 g/mol. The third-order valence-electron chi connectivity index (χ3n) is 6.24. The van der Waals surface area contributed by atoms with Gasteiger partial charge in [0, 0.05) is 38.3 Å². The molecule has 6 nitrogen and oxygen atoms in total. The van der Waals surface area contributed by atoms with Gasteiger partial charge in [-0.25, -0.2) is 0 Å². The highest BCUT2D eigenvalue weighted by atomic mass is 127. The third kappa shape index (κ3) is 6.44. The minimum absolute atomic E-state index is 0. The maximum Gasteiger partial charge on any atom is 0.194 e. The summed E-state index contributed by atoms with van der Waals surface area (Å²) < 4.78 is 11.9. The van der Waals surface area contributed by atoms with Crippen molar-refractivity contribution < 1.29 is 9.47 Å². The molecule has 164 valence electrons. The summed E-state index contributed by atoms with van der Waals surface area (Å²) in [7, 11) is 0. The van der Waals surface area contributed by atoms with Crippen LogP contribution in [-0.4, -0.2) is 86.0 Å². The molecule has 3 aliphatic heterocycles. The molecule has 0 aromatic heterocycles. The van der Waals surface area contributed by atoms with Gasteiger partial charge in [-0.2, -0.15) is 0 Å². The van der Waals surface area contributed by atoms with Gasteiger partial charge in [-0.15, -0.1) is 24.0 Å². The molecule has 0 radical (unpaired) electrons. The summed E-state index contributed by atoms with van der Waals surface area (Å²) in [5.74, 6) is 1.82. The molecule has 7 heteroatoms. The smallest absolute Gasteiger partial charge is 0.194 e. The maximum atomic E-state index is 6.02. The van der Waals surface area contributed by atoms with Gasteiger partial charge in [0.15, 0.2) is 5.96 Å². The van der Waals surface area contributed by atoms with Gasteiger partial charge >= 0.3 is 0 Å². The number of piperidine rings is 1. The first-order chi connectivity index (χ1) is 13.0. The normalized spacial score (nSPS) is 30.2. The molecule has 0 aromatic carbocycles. The molecule has 0 bridgehead atoms. The Balaban J connectivity index is 0.00000280. The van der Waals surface area contributed by atoms with E-state index in [2.05, 4.69) is 42.8 Å². The fourth-order valence-corrected chi connectivity index (χ4v) is 4.52. The average molecular weight is 508 g/mol. The lowest BCUT2D eigenvalue weighted by Gasteiger charge is -2.42. The molecule has 3 atom stereocenters. The van der Waals surface area contributed by atoms with Crippen LogP contribution in [0.4, 0.5) is 0 Å². The first kappa shape index (κ1) is 24.2. The predicted molar refractivity (Wildman–Crippen MR) is 126 cm³/mol. The second-order valence-corrected chi connectivity index (χ2v) is 9.08. The number of aliphatic imine (C=N–C) groups is 1. The van der Waals surface area contributed by atoms with Crippen LogP contribution in [0.5, 0.6) is 0 Å². The highest BCUT2D eigenvalue weighted by molar-refractivity contribution is 14.0. The van der Waals surface area contributed by atoms with Gasteiger partial charge in [0.1, 0.15) is 6.10 Å². The quantitative estimate of drug-likeness (QED) is 0.352. The zero-order valence-corrected chi connectivity index (χ0v) is 20.6. The molecule has 0 saturated carbocycles. The molecule has 3 rings (SSSR count). The summed E-state index contributed by atoms with van der Waals surface area (Å²) in [5, 5.41) is 3.51. The van der Waals surface area contributed by atoms with Crippen LogP contribution < -0.4 is 5.32 Å². The number of rotatable bonds is 5. The van der Waals surface area contributed by atoms with Crippen LogP contribution in [0.25, 0.3) is 0 Å². The number of nitrogens with zero attached hydrogens (tertiary/aromatic N) is 3. The predicted octanol–water partition coefficient (Wildman–Crippen LogP) is 2.96. The number of hydrogen-bond acceptors (Lipinski definition) is 4. The monoisotopic (exact) mass is 508 g/mol. The van der Waals surface area contributed by atoms with E-state index in [1.165, 1.54) is 25.9 Å². The van der Waals surface area contributed by atoms with Crippen molar-refractivity contribution in [3.63, 3.8) is 0 Å². The Morgan fingerprint density at radius 2 is 1.86 bits per heavy atom. The van der Waals surface area contributed by atoms with Crippen molar-refractivity contribution in [2.24, 2.45) is 10.9 Å². The zero-order chi connectivity index (χ0) is 19.3. The van der Waals surface area contributed by atoms with Crippen molar-refractivity contribution in [2.75, 3.05) is 52.5 Å². The lowest BCUT2D eigenvalue weighted by atomic mass is 9.94. The Morgan fingerprint density at radius 3 is 2.54 bits per heavy atom. The highest BCUT2D eigenvalue weighted by Crippen LogP contribution is 2.25. The Bertz CT molecular complexity index is 497. The van der Waals surface area contributed by atoms with Crippen LogP contribution in [0.1, 0.15) is 53.4 Å². The second kappa shape index (κ2) is 11.3. The molecule has 0 aliphatic carbocycles. The molecule has 0 spiro atoms. The second-order valence-electron chi connectivity index (χ2n) is 9.08. The first-order valence-electron chi connectivity index (χ1n) is 11.0. The molecule has 3 aliphatic rings. The van der Waals surface area contributed by atoms with Gasteiger partial charge in [0.2, 0.25) is 0 Å². The summed E-state index contributed by atoms with van der Waals surface area (Å²) in [5.41, 5.74) is 0.0929. The number of hydrogen-bond donors (Lipinski definition) is 1. The van der Waals surface area contributed by atoms with Gasteiger partial charge in [0.05, 0.1) is 19.3 Å². The largest absolute Gasteiger partial charge is 0.375 e. The van der Waals surface area contributed by atoms with Crippen molar-refractivity contribution in [1.29, 1.82) is 0 Å². The molecular formula is C21H41IN4O2. The standard InChI is InChI=1S/C21H40N4O2.HI/c1-5-22-20(23-16-21(3,4)25-10-6-8-17(2)14-25)24-11-13-27-19(15-24)18-9-7-12-26-18;/h17-19H,5-16H2,1-4H3,(H,22,23);1H. The van der Waals surface area contributed by atoms with Gasteiger partial charge < -0.3 is 19.7 Å². The Labute approximate surface area is 188 Å². The van der Waals surface area contributed by atoms with Crippen molar-refractivity contribution in [3.8, 4) is 0 Å². The number of nitrogens with one attached hydrogen (secondary N) is 1. The molecule has 28 heavy (non-hydrogen) atoms. The lowest BCUT2D eigenvalue weighted by molar-refractivity contribution is -0.0817. The Kier molecular flexibility index (Phi) is 9.76. The van der Waals surface area contributed by atoms with Gasteiger partial charge in [-0.05, 0) is 58.9 Å². The number of guanidine groups is 1. The molecule has 0 aromatic rings. The number of halogens is 1. The average Bonchev–Trinajstić information content (AvgIpc) is 3.20. The van der Waals surface area contributed by atoms with Crippen LogP contribution in [0.2, 0.25) is 0 Å². The van der Waals surface area contributed by atoms with Crippen LogP contribution >= 0.6 is 24.0 Å². The topological polar surface area (TPSA) is 49.3 Å². The van der Waals surface area contributed by atoms with E-state index in [1.54, 1.807) is 0 Å². The van der Waals surface area contributed by atoms with E-state index in [0.29, 0.717) is 0 Å². The minimum atomic E-state index is 0. The van der Waals surface area contributed by atoms with Crippen LogP contribution in [0.3, 0.4) is 0 Å². The van der Waals surface area contributed by atoms with Gasteiger partial charge in [0.25, 0.3) is 0 Å². The number of ether oxygens (including phenoxy) is 2. The third-order valence-corrected chi connectivity index (χ3v) is 6.24. The fourth-order valence-electron chi connectivity index (χ4n) is 4.52. The van der Waals surface area contributed by atoms with Gasteiger partial charge in [-0.1, -0.05) is 6.92 Å². The first-order valence-corrected chi connectivity index (χ1v) is 11.0. The highest BCUT2D eigenvalue weighted by Gasteiger charge is 2.33. The summed E-state index contributed by atoms with van der Waals surface area (Å²) in [6, 6.07) is 0. The van der Waals surface area contributed by atoms with Crippen molar-refractivity contribution in [3.05, 3.63) is 0 Å². The molecule has 3 fully saturated rings. The Hall–Kier alpha value is -0.120. The molecule has 0 amide bonds. The van der Waals surface area contributed by atoms with E-state index in [4.69, 9.17) is 14.5 Å². The van der Waals surface area contributed by atoms with E-state index in [9.17, 15) is 0 Å². The van der Waals surface area contributed by atoms with Crippen molar-refractivity contribution in [2.45, 2.75) is 71.1 Å². The van der Waals surface area contributed by atoms with E-state index < -0.39 is 0 Å². The van der Waals surface area contributed by atoms with Crippen LogP contribution in [-0.2, 0) is 9.47 Å². The van der Waals surface area contributed by atoms with Crippen LogP contribution in [0.15, 0.2) is 4.99 Å². The molecule has 3 unspecified atom stereocenters. The summed E-state index contributed by atoms with van der Waals surface area (Å²) in [6.07, 6.45) is 5.36. The molecule has 1 N–H and O–H groups in total. The lowest BCUT2D eigenvalue weighted by Crippen LogP contribution is -2.54. The Morgan fingerprint density at radius 1 is 1.07 bits per heavy atom. The zero-order valence-electron chi connectivity index (χ0n) is 18.3. The van der Waals surface area contributed by atoms with Crippen LogP contribution in [0, 0.1) is 5.92 Å². The summed E-state index contributed by atoms with van der Waals surface area (Å²) in [4.78, 5) is 10.1. The molecule has 3 saturated heterocycles.